The van der Waals surface area contributed by atoms with Crippen LogP contribution in [0.1, 0.15) is 12.0 Å². The van der Waals surface area contributed by atoms with Gasteiger partial charge in [-0.3, -0.25) is 19.0 Å². The molecule has 2 heterocycles. The number of carbonyl (C=O) groups is 1. The first-order chi connectivity index (χ1) is 13.7. The molecular formula is C17H20N4O7S. The van der Waals surface area contributed by atoms with Crippen LogP contribution in [0.5, 0.6) is 0 Å². The third-order valence-corrected chi connectivity index (χ3v) is 5.01. The second-order valence-corrected chi connectivity index (χ2v) is 8.27. The number of nitro groups is 1. The molecule has 2 aromatic rings. The van der Waals surface area contributed by atoms with Gasteiger partial charge in [-0.1, -0.05) is 0 Å². The molecule has 1 amide bonds. The number of non-ortho nitro benzene ring substituents is 1. The molecule has 0 radical (unpaired) electrons. The minimum atomic E-state index is -3.66. The summed E-state index contributed by atoms with van der Waals surface area (Å²) in [4.78, 5) is 24.2. The van der Waals surface area contributed by atoms with Crippen LogP contribution in [0, 0.1) is 10.1 Å². The van der Waals surface area contributed by atoms with Crippen molar-refractivity contribution in [3.63, 3.8) is 0 Å². The first-order valence-corrected chi connectivity index (χ1v) is 10.6. The van der Waals surface area contributed by atoms with Crippen LogP contribution in [-0.2, 0) is 32.2 Å². The van der Waals surface area contributed by atoms with Crippen molar-refractivity contribution in [1.29, 1.82) is 0 Å². The van der Waals surface area contributed by atoms with Gasteiger partial charge in [0, 0.05) is 24.5 Å². The zero-order valence-corrected chi connectivity index (χ0v) is 16.4. The maximum atomic E-state index is 12.6. The van der Waals surface area contributed by atoms with Gasteiger partial charge in [0.2, 0.25) is 0 Å². The van der Waals surface area contributed by atoms with Crippen LogP contribution in [0.15, 0.2) is 42.7 Å². The molecule has 1 saturated heterocycles. The van der Waals surface area contributed by atoms with Gasteiger partial charge in [-0.05, 0) is 30.2 Å². The molecule has 2 atom stereocenters. The van der Waals surface area contributed by atoms with E-state index in [2.05, 4.69) is 5.10 Å². The molecule has 0 saturated carbocycles. The molecule has 1 aromatic carbocycles. The SMILES string of the molecule is CS(=O)(=O)O[C@@H]1C[C@@H](Cn2cccn2)N(C(=O)OCc2ccc([N+](=O)[O-])cc2)C1. The third-order valence-electron chi connectivity index (χ3n) is 4.39. The maximum absolute atomic E-state index is 12.6. The van der Waals surface area contributed by atoms with Crippen molar-refractivity contribution in [1.82, 2.24) is 14.7 Å². The summed E-state index contributed by atoms with van der Waals surface area (Å²) in [7, 11) is -3.66. The number of amides is 1. The van der Waals surface area contributed by atoms with Crippen LogP contribution in [0.2, 0.25) is 0 Å². The first-order valence-electron chi connectivity index (χ1n) is 8.73. The van der Waals surface area contributed by atoms with Gasteiger partial charge >= 0.3 is 6.09 Å². The second-order valence-electron chi connectivity index (χ2n) is 6.67. The molecule has 0 aliphatic carbocycles. The van der Waals surface area contributed by atoms with Gasteiger partial charge in [0.15, 0.2) is 0 Å². The Morgan fingerprint density at radius 1 is 1.34 bits per heavy atom. The Hall–Kier alpha value is -2.99. The number of rotatable bonds is 7. The highest BCUT2D eigenvalue weighted by atomic mass is 32.2. The van der Waals surface area contributed by atoms with E-state index in [0.717, 1.165) is 6.26 Å². The number of benzene rings is 1. The van der Waals surface area contributed by atoms with Gasteiger partial charge in [0.25, 0.3) is 15.8 Å². The summed E-state index contributed by atoms with van der Waals surface area (Å²) in [6.45, 7) is 0.362. The topological polar surface area (TPSA) is 134 Å². The van der Waals surface area contributed by atoms with E-state index in [-0.39, 0.29) is 24.9 Å². The number of aromatic nitrogens is 2. The first kappa shape index (κ1) is 20.7. The molecule has 12 heteroatoms. The van der Waals surface area contributed by atoms with Crippen LogP contribution in [0.4, 0.5) is 10.5 Å². The molecule has 11 nitrogen and oxygen atoms in total. The van der Waals surface area contributed by atoms with E-state index < -0.39 is 27.2 Å². The van der Waals surface area contributed by atoms with Crippen molar-refractivity contribution in [2.45, 2.75) is 31.7 Å². The number of likely N-dealkylation sites (tertiary alicyclic amines) is 1. The number of nitro benzene ring substituents is 1. The smallest absolute Gasteiger partial charge is 0.410 e. The predicted octanol–water partition coefficient (Wildman–Crippen LogP) is 1.55. The van der Waals surface area contributed by atoms with E-state index in [0.29, 0.717) is 18.5 Å². The summed E-state index contributed by atoms with van der Waals surface area (Å²) in [6, 6.07) is 7.06. The van der Waals surface area contributed by atoms with E-state index in [1.807, 2.05) is 0 Å². The number of nitrogens with zero attached hydrogens (tertiary/aromatic N) is 4. The Labute approximate surface area is 167 Å². The zero-order valence-electron chi connectivity index (χ0n) is 15.6. The Morgan fingerprint density at radius 2 is 2.07 bits per heavy atom. The summed E-state index contributed by atoms with van der Waals surface area (Å²) in [6.07, 6.45) is 3.34. The van der Waals surface area contributed by atoms with Crippen LogP contribution in [0.3, 0.4) is 0 Å². The predicted molar refractivity (Wildman–Crippen MR) is 100 cm³/mol. The van der Waals surface area contributed by atoms with Gasteiger partial charge in [-0.2, -0.15) is 13.5 Å². The summed E-state index contributed by atoms with van der Waals surface area (Å²) < 4.78 is 34.9. The van der Waals surface area contributed by atoms with Gasteiger partial charge in [0.1, 0.15) is 6.61 Å². The minimum Gasteiger partial charge on any atom is -0.445 e. The molecule has 3 rings (SSSR count). The monoisotopic (exact) mass is 424 g/mol. The highest BCUT2D eigenvalue weighted by molar-refractivity contribution is 7.86. The Bertz CT molecular complexity index is 960. The van der Waals surface area contributed by atoms with Crippen LogP contribution in [0.25, 0.3) is 0 Å². The van der Waals surface area contributed by atoms with Gasteiger partial charge < -0.3 is 9.64 Å². The van der Waals surface area contributed by atoms with Gasteiger partial charge in [-0.25, -0.2) is 4.79 Å². The minimum absolute atomic E-state index is 0.0559. The summed E-state index contributed by atoms with van der Waals surface area (Å²) in [5, 5.41) is 14.8. The van der Waals surface area contributed by atoms with Crippen LogP contribution >= 0.6 is 0 Å². The zero-order chi connectivity index (χ0) is 21.0. The fourth-order valence-corrected chi connectivity index (χ4v) is 3.79. The lowest BCUT2D eigenvalue weighted by molar-refractivity contribution is -0.384. The standard InChI is InChI=1S/C17H20N4O7S/c1-29(25,26)28-16-9-15(10-19-8-2-7-18-19)20(11-16)17(22)27-12-13-3-5-14(6-4-13)21(23)24/h2-8,15-16H,9-12H2,1H3/t15-,16+/m0/s1. The average Bonchev–Trinajstić information content (AvgIpc) is 3.29. The maximum Gasteiger partial charge on any atom is 0.410 e. The highest BCUT2D eigenvalue weighted by Crippen LogP contribution is 2.24. The molecule has 1 fully saturated rings. The van der Waals surface area contributed by atoms with Crippen molar-refractivity contribution >= 4 is 21.9 Å². The van der Waals surface area contributed by atoms with Crippen molar-refractivity contribution in [3.05, 3.63) is 58.4 Å². The van der Waals surface area contributed by atoms with E-state index in [4.69, 9.17) is 8.92 Å². The van der Waals surface area contributed by atoms with E-state index >= 15 is 0 Å². The molecule has 1 aliphatic rings. The number of hydrogen-bond donors (Lipinski definition) is 0. The molecule has 0 bridgehead atoms. The highest BCUT2D eigenvalue weighted by Gasteiger charge is 2.38. The molecule has 0 spiro atoms. The largest absolute Gasteiger partial charge is 0.445 e. The Kier molecular flexibility index (Phi) is 6.13. The van der Waals surface area contributed by atoms with E-state index in [1.54, 1.807) is 23.1 Å². The summed E-state index contributed by atoms with van der Waals surface area (Å²) >= 11 is 0. The lowest BCUT2D eigenvalue weighted by Crippen LogP contribution is -2.39. The molecule has 1 aliphatic heterocycles. The van der Waals surface area contributed by atoms with Crippen LogP contribution in [-0.4, -0.2) is 59.1 Å². The average molecular weight is 424 g/mol. The molecule has 1 aromatic heterocycles. The molecule has 29 heavy (non-hydrogen) atoms. The molecular weight excluding hydrogens is 404 g/mol. The summed E-state index contributed by atoms with van der Waals surface area (Å²) in [5.74, 6) is 0. The van der Waals surface area contributed by atoms with Gasteiger partial charge in [0.05, 0.1) is 36.4 Å². The quantitative estimate of drug-likeness (QED) is 0.371. The number of hydrogen-bond acceptors (Lipinski definition) is 8. The Morgan fingerprint density at radius 3 is 2.66 bits per heavy atom. The number of carbonyl (C=O) groups excluding carboxylic acids is 1. The van der Waals surface area contributed by atoms with Crippen molar-refractivity contribution in [2.24, 2.45) is 0 Å². The van der Waals surface area contributed by atoms with E-state index in [9.17, 15) is 23.3 Å². The summed E-state index contributed by atoms with van der Waals surface area (Å²) in [5.41, 5.74) is 0.537. The number of ether oxygens (including phenoxy) is 1. The normalized spacial score (nSPS) is 19.3. The third kappa shape index (κ3) is 5.74. The van der Waals surface area contributed by atoms with Crippen LogP contribution < -0.4 is 0 Å². The fraction of sp³-hybridized carbons (Fsp3) is 0.412. The lowest BCUT2D eigenvalue weighted by Gasteiger charge is -2.23. The Balaban J connectivity index is 1.65. The fourth-order valence-electron chi connectivity index (χ4n) is 3.15. The van der Waals surface area contributed by atoms with Gasteiger partial charge in [-0.15, -0.1) is 0 Å². The van der Waals surface area contributed by atoms with Crippen molar-refractivity contribution in [2.75, 3.05) is 12.8 Å². The van der Waals surface area contributed by atoms with Crippen molar-refractivity contribution < 1.29 is 27.1 Å². The van der Waals surface area contributed by atoms with Crippen molar-refractivity contribution in [3.8, 4) is 0 Å². The molecule has 156 valence electrons. The van der Waals surface area contributed by atoms with E-state index in [1.165, 1.54) is 29.2 Å². The molecule has 0 unspecified atom stereocenters. The second kappa shape index (κ2) is 8.57. The molecule has 0 N–H and O–H groups in total. The lowest BCUT2D eigenvalue weighted by atomic mass is 10.2.